The highest BCUT2D eigenvalue weighted by Gasteiger charge is 2.16. The summed E-state index contributed by atoms with van der Waals surface area (Å²) in [6.07, 6.45) is 0. The van der Waals surface area contributed by atoms with Crippen LogP contribution >= 0.6 is 34.7 Å². The predicted octanol–water partition coefficient (Wildman–Crippen LogP) is 6.32. The van der Waals surface area contributed by atoms with Crippen LogP contribution in [0.4, 0.5) is 10.8 Å². The first kappa shape index (κ1) is 25.2. The molecule has 4 aromatic rings. The number of carbonyl (C=O) groups is 1. The molecular weight excluding hydrogens is 500 g/mol. The lowest BCUT2D eigenvalue weighted by Crippen LogP contribution is -2.21. The molecule has 0 aliphatic heterocycles. The second kappa shape index (κ2) is 11.7. The van der Waals surface area contributed by atoms with Gasteiger partial charge in [-0.15, -0.1) is 21.5 Å². The van der Waals surface area contributed by atoms with E-state index in [1.165, 1.54) is 28.8 Å². The van der Waals surface area contributed by atoms with Crippen LogP contribution in [0.15, 0.2) is 59.1 Å². The average Bonchev–Trinajstić information content (AvgIpc) is 3.51. The number of thioether (sulfide) groups is 1. The SMILES string of the molecule is CCN(CC)c1ccc(-c2nnc(SCC(=O)Nc3nc(-c4ccc(Cl)cc4)cs3)n2CC)cc1. The number of halogens is 1. The number of carbonyl (C=O) groups excluding carboxylic acids is 1. The molecule has 182 valence electrons. The van der Waals surface area contributed by atoms with Gasteiger partial charge in [-0.25, -0.2) is 4.98 Å². The highest BCUT2D eigenvalue weighted by Crippen LogP contribution is 2.28. The van der Waals surface area contributed by atoms with Gasteiger partial charge in [-0.3, -0.25) is 4.79 Å². The number of nitrogens with one attached hydrogen (secondary N) is 1. The molecule has 0 aliphatic carbocycles. The van der Waals surface area contributed by atoms with Crippen molar-refractivity contribution >= 4 is 51.4 Å². The number of aromatic nitrogens is 4. The quantitative estimate of drug-likeness (QED) is 0.244. The Labute approximate surface area is 218 Å². The molecule has 2 heterocycles. The fourth-order valence-corrected chi connectivity index (χ4v) is 5.34. The van der Waals surface area contributed by atoms with Crippen LogP contribution in [-0.4, -0.2) is 44.5 Å². The first-order valence-corrected chi connectivity index (χ1v) is 13.7. The molecule has 1 N–H and O–H groups in total. The number of nitrogens with zero attached hydrogens (tertiary/aromatic N) is 5. The van der Waals surface area contributed by atoms with Crippen LogP contribution in [0.3, 0.4) is 0 Å². The standard InChI is InChI=1S/C25H27ClN6OS2/c1-4-31(5-2)20-13-9-18(10-14-20)23-29-30-25(32(23)6-3)35-16-22(33)28-24-27-21(15-34-24)17-7-11-19(26)12-8-17/h7-15H,4-6,16H2,1-3H3,(H,27,28,33). The van der Waals surface area contributed by atoms with Gasteiger partial charge in [-0.1, -0.05) is 35.5 Å². The zero-order chi connectivity index (χ0) is 24.8. The van der Waals surface area contributed by atoms with E-state index in [0.717, 1.165) is 35.7 Å². The summed E-state index contributed by atoms with van der Waals surface area (Å²) in [5.74, 6) is 0.881. The summed E-state index contributed by atoms with van der Waals surface area (Å²) in [6, 6.07) is 15.8. The van der Waals surface area contributed by atoms with Crippen LogP contribution in [0, 0.1) is 0 Å². The van der Waals surface area contributed by atoms with E-state index in [0.29, 0.717) is 21.9 Å². The van der Waals surface area contributed by atoms with Gasteiger partial charge in [0.25, 0.3) is 0 Å². The van der Waals surface area contributed by atoms with Crippen molar-refractivity contribution in [3.8, 4) is 22.6 Å². The number of rotatable bonds is 10. The summed E-state index contributed by atoms with van der Waals surface area (Å²) >= 11 is 8.71. The third kappa shape index (κ3) is 6.04. The fourth-order valence-electron chi connectivity index (χ4n) is 3.67. The topological polar surface area (TPSA) is 75.9 Å². The molecule has 0 atom stereocenters. The van der Waals surface area contributed by atoms with E-state index >= 15 is 0 Å². The van der Waals surface area contributed by atoms with E-state index in [2.05, 4.69) is 70.4 Å². The minimum Gasteiger partial charge on any atom is -0.372 e. The fraction of sp³-hybridized carbons (Fsp3) is 0.280. The number of thiazole rings is 1. The summed E-state index contributed by atoms with van der Waals surface area (Å²) < 4.78 is 2.03. The maximum Gasteiger partial charge on any atom is 0.236 e. The number of anilines is 2. The Bertz CT molecular complexity index is 1270. The van der Waals surface area contributed by atoms with E-state index < -0.39 is 0 Å². The lowest BCUT2D eigenvalue weighted by molar-refractivity contribution is -0.113. The van der Waals surface area contributed by atoms with Gasteiger partial charge in [0.2, 0.25) is 5.91 Å². The molecule has 7 nitrogen and oxygen atoms in total. The monoisotopic (exact) mass is 526 g/mol. The molecule has 1 amide bonds. The van der Waals surface area contributed by atoms with Gasteiger partial charge < -0.3 is 14.8 Å². The summed E-state index contributed by atoms with van der Waals surface area (Å²) in [5.41, 5.74) is 3.95. The average molecular weight is 527 g/mol. The van der Waals surface area contributed by atoms with E-state index in [1.54, 1.807) is 0 Å². The summed E-state index contributed by atoms with van der Waals surface area (Å²) in [6.45, 7) is 8.99. The van der Waals surface area contributed by atoms with Gasteiger partial charge in [0.05, 0.1) is 11.4 Å². The Morgan fingerprint density at radius 1 is 1.03 bits per heavy atom. The molecule has 4 rings (SSSR count). The van der Waals surface area contributed by atoms with Crippen molar-refractivity contribution in [1.29, 1.82) is 0 Å². The molecular formula is C25H27ClN6OS2. The lowest BCUT2D eigenvalue weighted by Gasteiger charge is -2.21. The Balaban J connectivity index is 1.39. The predicted molar refractivity (Wildman–Crippen MR) is 147 cm³/mol. The summed E-state index contributed by atoms with van der Waals surface area (Å²) in [7, 11) is 0. The van der Waals surface area contributed by atoms with Crippen LogP contribution in [0.2, 0.25) is 5.02 Å². The second-order valence-electron chi connectivity index (χ2n) is 7.65. The van der Waals surface area contributed by atoms with Gasteiger partial charge in [-0.2, -0.15) is 0 Å². The Kier molecular flexibility index (Phi) is 8.43. The normalized spacial score (nSPS) is 11.0. The number of hydrogen-bond donors (Lipinski definition) is 1. The van der Waals surface area contributed by atoms with Crippen LogP contribution in [0.25, 0.3) is 22.6 Å². The maximum absolute atomic E-state index is 12.6. The molecule has 10 heteroatoms. The van der Waals surface area contributed by atoms with Crippen LogP contribution in [0.1, 0.15) is 20.8 Å². The molecule has 0 unspecified atom stereocenters. The van der Waals surface area contributed by atoms with E-state index in [9.17, 15) is 4.79 Å². The van der Waals surface area contributed by atoms with Crippen LogP contribution in [-0.2, 0) is 11.3 Å². The lowest BCUT2D eigenvalue weighted by atomic mass is 10.2. The second-order valence-corrected chi connectivity index (χ2v) is 9.89. The van der Waals surface area contributed by atoms with Crippen molar-refractivity contribution in [2.75, 3.05) is 29.1 Å². The van der Waals surface area contributed by atoms with Gasteiger partial charge in [0.15, 0.2) is 16.1 Å². The van der Waals surface area contributed by atoms with Crippen molar-refractivity contribution in [2.24, 2.45) is 0 Å². The molecule has 0 spiro atoms. The molecule has 0 saturated carbocycles. The van der Waals surface area contributed by atoms with Gasteiger partial charge in [0, 0.05) is 46.9 Å². The molecule has 0 aliphatic rings. The van der Waals surface area contributed by atoms with Crippen LogP contribution < -0.4 is 10.2 Å². The van der Waals surface area contributed by atoms with E-state index in [1.807, 2.05) is 34.2 Å². The molecule has 0 bridgehead atoms. The minimum atomic E-state index is -0.136. The minimum absolute atomic E-state index is 0.136. The van der Waals surface area contributed by atoms with Gasteiger partial charge in [-0.05, 0) is 57.2 Å². The van der Waals surface area contributed by atoms with E-state index in [4.69, 9.17) is 11.6 Å². The van der Waals surface area contributed by atoms with Crippen molar-refractivity contribution in [2.45, 2.75) is 32.5 Å². The van der Waals surface area contributed by atoms with Gasteiger partial charge >= 0.3 is 0 Å². The zero-order valence-electron chi connectivity index (χ0n) is 19.9. The number of amides is 1. The summed E-state index contributed by atoms with van der Waals surface area (Å²) in [5, 5.41) is 15.5. The van der Waals surface area contributed by atoms with E-state index in [-0.39, 0.29) is 11.7 Å². The van der Waals surface area contributed by atoms with Crippen molar-refractivity contribution in [3.63, 3.8) is 0 Å². The molecule has 0 fully saturated rings. The van der Waals surface area contributed by atoms with Gasteiger partial charge in [0.1, 0.15) is 0 Å². The van der Waals surface area contributed by atoms with Crippen molar-refractivity contribution < 1.29 is 4.79 Å². The Morgan fingerprint density at radius 3 is 2.37 bits per heavy atom. The molecule has 0 saturated heterocycles. The third-order valence-electron chi connectivity index (χ3n) is 5.51. The summed E-state index contributed by atoms with van der Waals surface area (Å²) in [4.78, 5) is 19.4. The first-order valence-electron chi connectivity index (χ1n) is 11.4. The molecule has 2 aromatic carbocycles. The third-order valence-corrected chi connectivity index (χ3v) is 7.49. The Hall–Kier alpha value is -2.88. The van der Waals surface area contributed by atoms with Crippen molar-refractivity contribution in [1.82, 2.24) is 19.7 Å². The number of hydrogen-bond acceptors (Lipinski definition) is 7. The number of benzene rings is 2. The Morgan fingerprint density at radius 2 is 1.71 bits per heavy atom. The first-order chi connectivity index (χ1) is 17.0. The largest absolute Gasteiger partial charge is 0.372 e. The molecule has 2 aromatic heterocycles. The zero-order valence-corrected chi connectivity index (χ0v) is 22.3. The molecule has 0 radical (unpaired) electrons. The molecule has 35 heavy (non-hydrogen) atoms. The van der Waals surface area contributed by atoms with Crippen molar-refractivity contribution in [3.05, 3.63) is 58.9 Å². The smallest absolute Gasteiger partial charge is 0.236 e. The maximum atomic E-state index is 12.6. The highest BCUT2D eigenvalue weighted by molar-refractivity contribution is 7.99. The van der Waals surface area contributed by atoms with Crippen LogP contribution in [0.5, 0.6) is 0 Å². The highest BCUT2D eigenvalue weighted by atomic mass is 35.5.